The number of nitrogens with zero attached hydrogens (tertiary/aromatic N) is 2. The van der Waals surface area contributed by atoms with Gasteiger partial charge in [-0.3, -0.25) is 4.79 Å². The summed E-state index contributed by atoms with van der Waals surface area (Å²) in [5.74, 6) is 0.646. The summed E-state index contributed by atoms with van der Waals surface area (Å²) >= 11 is 1.43. The summed E-state index contributed by atoms with van der Waals surface area (Å²) in [4.78, 5) is 18.7. The normalized spacial score (nSPS) is 10.4. The van der Waals surface area contributed by atoms with Crippen molar-refractivity contribution < 1.29 is 9.53 Å². The lowest BCUT2D eigenvalue weighted by Gasteiger charge is -2.23. The van der Waals surface area contributed by atoms with Crippen molar-refractivity contribution in [3.8, 4) is 10.9 Å². The molecule has 1 aromatic heterocycles. The van der Waals surface area contributed by atoms with Crippen molar-refractivity contribution >= 4 is 22.9 Å². The van der Waals surface area contributed by atoms with Crippen molar-refractivity contribution in [2.75, 3.05) is 11.4 Å². The first-order chi connectivity index (χ1) is 11.7. The molecule has 3 aromatic rings. The van der Waals surface area contributed by atoms with Gasteiger partial charge >= 0.3 is 0 Å². The number of aromatic nitrogens is 1. The molecular weight excluding hydrogens is 320 g/mol. The summed E-state index contributed by atoms with van der Waals surface area (Å²) in [6.45, 7) is 4.60. The zero-order valence-corrected chi connectivity index (χ0v) is 14.4. The molecule has 0 saturated carbocycles. The van der Waals surface area contributed by atoms with E-state index in [1.54, 1.807) is 35.4 Å². The summed E-state index contributed by atoms with van der Waals surface area (Å²) in [5.41, 5.74) is 2.65. The van der Waals surface area contributed by atoms with E-state index in [2.05, 4.69) is 4.98 Å². The van der Waals surface area contributed by atoms with Crippen LogP contribution in [0.2, 0.25) is 0 Å². The van der Waals surface area contributed by atoms with Gasteiger partial charge in [0.05, 0.1) is 0 Å². The van der Waals surface area contributed by atoms with Crippen molar-refractivity contribution in [2.24, 2.45) is 0 Å². The van der Waals surface area contributed by atoms with E-state index in [1.165, 1.54) is 11.3 Å². The van der Waals surface area contributed by atoms with Crippen LogP contribution in [-0.4, -0.2) is 17.4 Å². The average molecular weight is 338 g/mol. The maximum atomic E-state index is 12.8. The molecule has 0 aliphatic heterocycles. The van der Waals surface area contributed by atoms with E-state index < -0.39 is 0 Å². The first kappa shape index (κ1) is 16.2. The Kier molecular flexibility index (Phi) is 4.91. The van der Waals surface area contributed by atoms with E-state index in [1.807, 2.05) is 43.5 Å². The Morgan fingerprint density at radius 3 is 2.54 bits per heavy atom. The summed E-state index contributed by atoms with van der Waals surface area (Å²) in [6.07, 6.45) is 1.69. The third-order valence-corrected chi connectivity index (χ3v) is 4.33. The van der Waals surface area contributed by atoms with Gasteiger partial charge in [-0.05, 0) is 49.7 Å². The highest BCUT2D eigenvalue weighted by Crippen LogP contribution is 2.25. The van der Waals surface area contributed by atoms with Crippen LogP contribution in [0.1, 0.15) is 22.8 Å². The monoisotopic (exact) mass is 338 g/mol. The number of carbonyl (C=O) groups is 1. The topological polar surface area (TPSA) is 42.4 Å². The van der Waals surface area contributed by atoms with Gasteiger partial charge in [0.15, 0.2) is 0 Å². The second-order valence-corrected chi connectivity index (χ2v) is 6.12. The Morgan fingerprint density at radius 1 is 1.17 bits per heavy atom. The van der Waals surface area contributed by atoms with Gasteiger partial charge in [0.25, 0.3) is 11.1 Å². The van der Waals surface area contributed by atoms with E-state index in [-0.39, 0.29) is 5.91 Å². The minimum atomic E-state index is -0.0207. The lowest BCUT2D eigenvalue weighted by Crippen LogP contribution is -2.31. The number of hydrogen-bond acceptors (Lipinski definition) is 4. The van der Waals surface area contributed by atoms with Crippen LogP contribution in [0.4, 0.5) is 5.69 Å². The third-order valence-electron chi connectivity index (χ3n) is 3.68. The molecule has 0 aliphatic rings. The standard InChI is InChI=1S/C19H18N2O2S/c1-3-21(17-7-5-4-6-14(17)2)18(22)15-8-10-16(11-9-15)23-19-20-12-13-24-19/h4-13H,3H2,1-2H3. The first-order valence-electron chi connectivity index (χ1n) is 7.74. The number of rotatable bonds is 5. The molecule has 3 rings (SSSR count). The van der Waals surface area contributed by atoms with Crippen LogP contribution < -0.4 is 9.64 Å². The molecule has 2 aromatic carbocycles. The fourth-order valence-electron chi connectivity index (χ4n) is 2.47. The molecule has 1 amide bonds. The van der Waals surface area contributed by atoms with Crippen LogP contribution in [0, 0.1) is 6.92 Å². The second kappa shape index (κ2) is 7.27. The van der Waals surface area contributed by atoms with Crippen LogP contribution in [0.3, 0.4) is 0 Å². The van der Waals surface area contributed by atoms with E-state index in [0.717, 1.165) is 11.3 Å². The summed E-state index contributed by atoms with van der Waals surface area (Å²) in [5, 5.41) is 2.44. The maximum absolute atomic E-state index is 12.8. The van der Waals surface area contributed by atoms with Gasteiger partial charge < -0.3 is 9.64 Å². The molecule has 1 heterocycles. The van der Waals surface area contributed by atoms with E-state index in [9.17, 15) is 4.79 Å². The number of amides is 1. The second-order valence-electron chi connectivity index (χ2n) is 5.26. The minimum Gasteiger partial charge on any atom is -0.431 e. The largest absolute Gasteiger partial charge is 0.431 e. The first-order valence-corrected chi connectivity index (χ1v) is 8.62. The van der Waals surface area contributed by atoms with Crippen molar-refractivity contribution in [3.05, 3.63) is 71.2 Å². The molecule has 0 unspecified atom stereocenters. The molecule has 0 aliphatic carbocycles. The molecule has 0 N–H and O–H groups in total. The molecule has 0 atom stereocenters. The van der Waals surface area contributed by atoms with Crippen LogP contribution in [0.5, 0.6) is 10.9 Å². The van der Waals surface area contributed by atoms with Crippen molar-refractivity contribution in [3.63, 3.8) is 0 Å². The van der Waals surface area contributed by atoms with Gasteiger partial charge in [-0.2, -0.15) is 0 Å². The number of ether oxygens (including phenoxy) is 1. The van der Waals surface area contributed by atoms with Crippen molar-refractivity contribution in [1.82, 2.24) is 4.98 Å². The Balaban J connectivity index is 1.80. The quantitative estimate of drug-likeness (QED) is 0.664. The van der Waals surface area contributed by atoms with Gasteiger partial charge in [0.1, 0.15) is 5.75 Å². The molecule has 122 valence electrons. The molecule has 0 saturated heterocycles. The number of para-hydroxylation sites is 1. The van der Waals surface area contributed by atoms with Crippen LogP contribution in [0.15, 0.2) is 60.1 Å². The number of hydrogen-bond donors (Lipinski definition) is 0. The molecule has 0 fully saturated rings. The van der Waals surface area contributed by atoms with Crippen LogP contribution in [0.25, 0.3) is 0 Å². The molecular formula is C19H18N2O2S. The Bertz CT molecular complexity index is 814. The predicted octanol–water partition coefficient (Wildman–Crippen LogP) is 4.91. The highest BCUT2D eigenvalue weighted by molar-refractivity contribution is 7.11. The molecule has 4 nitrogen and oxygen atoms in total. The summed E-state index contributed by atoms with van der Waals surface area (Å²) in [7, 11) is 0. The molecule has 5 heteroatoms. The predicted molar refractivity (Wildman–Crippen MR) is 97.2 cm³/mol. The lowest BCUT2D eigenvalue weighted by atomic mass is 10.1. The lowest BCUT2D eigenvalue weighted by molar-refractivity contribution is 0.0988. The summed E-state index contributed by atoms with van der Waals surface area (Å²) in [6, 6.07) is 15.1. The van der Waals surface area contributed by atoms with E-state index in [0.29, 0.717) is 23.1 Å². The van der Waals surface area contributed by atoms with Gasteiger partial charge in [-0.1, -0.05) is 29.5 Å². The Hall–Kier alpha value is -2.66. The van der Waals surface area contributed by atoms with Gasteiger partial charge in [-0.25, -0.2) is 4.98 Å². The van der Waals surface area contributed by atoms with Gasteiger partial charge in [-0.15, -0.1) is 0 Å². The number of thiazole rings is 1. The van der Waals surface area contributed by atoms with E-state index >= 15 is 0 Å². The summed E-state index contributed by atoms with van der Waals surface area (Å²) < 4.78 is 5.63. The molecule has 0 radical (unpaired) electrons. The van der Waals surface area contributed by atoms with Crippen LogP contribution >= 0.6 is 11.3 Å². The fraction of sp³-hybridized carbons (Fsp3) is 0.158. The van der Waals surface area contributed by atoms with Crippen molar-refractivity contribution in [1.29, 1.82) is 0 Å². The molecule has 24 heavy (non-hydrogen) atoms. The molecule has 0 bridgehead atoms. The van der Waals surface area contributed by atoms with Gasteiger partial charge in [0, 0.05) is 29.4 Å². The maximum Gasteiger partial charge on any atom is 0.278 e. The number of carbonyl (C=O) groups excluding carboxylic acids is 1. The Labute approximate surface area is 145 Å². The molecule has 0 spiro atoms. The Morgan fingerprint density at radius 2 is 1.92 bits per heavy atom. The smallest absolute Gasteiger partial charge is 0.278 e. The zero-order chi connectivity index (χ0) is 16.9. The SMILES string of the molecule is CCN(C(=O)c1ccc(Oc2nccs2)cc1)c1ccccc1C. The van der Waals surface area contributed by atoms with Gasteiger partial charge in [0.2, 0.25) is 0 Å². The van der Waals surface area contributed by atoms with Crippen molar-refractivity contribution in [2.45, 2.75) is 13.8 Å². The van der Waals surface area contributed by atoms with Crippen LogP contribution in [-0.2, 0) is 0 Å². The zero-order valence-electron chi connectivity index (χ0n) is 13.6. The third kappa shape index (κ3) is 3.46. The number of benzene rings is 2. The average Bonchev–Trinajstić information content (AvgIpc) is 3.11. The highest BCUT2D eigenvalue weighted by Gasteiger charge is 2.17. The number of anilines is 1. The number of aryl methyl sites for hydroxylation is 1. The van der Waals surface area contributed by atoms with E-state index in [4.69, 9.17) is 4.74 Å². The fourth-order valence-corrected chi connectivity index (χ4v) is 2.98. The minimum absolute atomic E-state index is 0.0207. The highest BCUT2D eigenvalue weighted by atomic mass is 32.1.